The van der Waals surface area contributed by atoms with Crippen LogP contribution in [0.1, 0.15) is 49.9 Å². The monoisotopic (exact) mass is 642 g/mol. The second-order valence-corrected chi connectivity index (χ2v) is 14.4. The van der Waals surface area contributed by atoms with E-state index < -0.39 is 0 Å². The molecule has 50 heavy (non-hydrogen) atoms. The molecule has 0 radical (unpaired) electrons. The first-order valence-corrected chi connectivity index (χ1v) is 17.8. The van der Waals surface area contributed by atoms with Crippen LogP contribution in [0.25, 0.3) is 77.9 Å². The van der Waals surface area contributed by atoms with Crippen LogP contribution in [-0.2, 0) is 11.8 Å². The molecule has 0 aliphatic heterocycles. The van der Waals surface area contributed by atoms with Crippen LogP contribution in [0.15, 0.2) is 158 Å². The molecule has 0 saturated heterocycles. The molecular weight excluding hydrogens is 601 g/mol. The first kappa shape index (κ1) is 31.5. The molecule has 0 heteroatoms. The van der Waals surface area contributed by atoms with Crippen molar-refractivity contribution in [3.63, 3.8) is 0 Å². The Balaban J connectivity index is 1.29. The molecule has 0 aromatic heterocycles. The largest absolute Gasteiger partial charge is 0.0622 e. The van der Waals surface area contributed by atoms with Crippen LogP contribution >= 0.6 is 0 Å². The van der Waals surface area contributed by atoms with Crippen molar-refractivity contribution in [3.8, 4) is 33.4 Å². The SMILES string of the molecule is CCc1ccc(-c2c3ccccc3c(-c3ccc(C=Cc4ccc(-c5ccccc5)cc4)c4ccccc34)c3ccccc23)cc1C(C)(C)C. The molecule has 0 heterocycles. The lowest BCUT2D eigenvalue weighted by molar-refractivity contribution is 0.583. The van der Waals surface area contributed by atoms with Crippen LogP contribution in [0.2, 0.25) is 0 Å². The average molecular weight is 643 g/mol. The van der Waals surface area contributed by atoms with Gasteiger partial charge in [-0.25, -0.2) is 0 Å². The Bertz CT molecular complexity index is 2470. The number of rotatable bonds is 6. The molecule has 242 valence electrons. The number of hydrogen-bond donors (Lipinski definition) is 0. The molecule has 0 unspecified atom stereocenters. The highest BCUT2D eigenvalue weighted by Crippen LogP contribution is 2.46. The number of benzene rings is 8. The molecule has 0 atom stereocenters. The van der Waals surface area contributed by atoms with E-state index in [-0.39, 0.29) is 5.41 Å². The molecule has 0 bridgehead atoms. The van der Waals surface area contributed by atoms with Crippen molar-refractivity contribution in [1.29, 1.82) is 0 Å². The van der Waals surface area contributed by atoms with Gasteiger partial charge in [0, 0.05) is 0 Å². The molecule has 8 aromatic carbocycles. The van der Waals surface area contributed by atoms with E-state index in [1.165, 1.54) is 88.0 Å². The zero-order valence-corrected chi connectivity index (χ0v) is 29.4. The van der Waals surface area contributed by atoms with Gasteiger partial charge in [-0.2, -0.15) is 0 Å². The molecule has 0 aliphatic rings. The van der Waals surface area contributed by atoms with Gasteiger partial charge in [0.1, 0.15) is 0 Å². The quantitative estimate of drug-likeness (QED) is 0.125. The van der Waals surface area contributed by atoms with Crippen LogP contribution in [-0.4, -0.2) is 0 Å². The smallest absolute Gasteiger partial charge is 0.00201 e. The maximum Gasteiger partial charge on any atom is -0.00201 e. The molecule has 0 nitrogen and oxygen atoms in total. The fraction of sp³-hybridized carbons (Fsp3) is 0.120. The lowest BCUT2D eigenvalue weighted by atomic mass is 9.79. The van der Waals surface area contributed by atoms with Crippen LogP contribution in [0.4, 0.5) is 0 Å². The lowest BCUT2D eigenvalue weighted by Gasteiger charge is -2.25. The van der Waals surface area contributed by atoms with Gasteiger partial charge >= 0.3 is 0 Å². The predicted octanol–water partition coefficient (Wildman–Crippen LogP) is 14.2. The zero-order chi connectivity index (χ0) is 34.2. The summed E-state index contributed by atoms with van der Waals surface area (Å²) in [5.41, 5.74) is 13.0. The fourth-order valence-electron chi connectivity index (χ4n) is 7.76. The van der Waals surface area contributed by atoms with Crippen molar-refractivity contribution in [3.05, 3.63) is 180 Å². The topological polar surface area (TPSA) is 0 Å². The molecule has 0 aliphatic carbocycles. The highest BCUT2D eigenvalue weighted by molar-refractivity contribution is 6.23. The maximum atomic E-state index is 2.46. The number of fused-ring (bicyclic) bond motifs is 3. The second-order valence-electron chi connectivity index (χ2n) is 14.4. The molecule has 0 fully saturated rings. The summed E-state index contributed by atoms with van der Waals surface area (Å²) in [5.74, 6) is 0. The molecule has 0 N–H and O–H groups in total. The Kier molecular flexibility index (Phi) is 8.17. The first-order valence-electron chi connectivity index (χ1n) is 17.8. The van der Waals surface area contributed by atoms with E-state index >= 15 is 0 Å². The van der Waals surface area contributed by atoms with Gasteiger partial charge in [-0.1, -0.05) is 198 Å². The molecule has 8 aromatic rings. The number of aryl methyl sites for hydroxylation is 1. The minimum absolute atomic E-state index is 0.0631. The van der Waals surface area contributed by atoms with E-state index in [0.29, 0.717) is 0 Å². The molecular formula is C50H42. The summed E-state index contributed by atoms with van der Waals surface area (Å²) in [4.78, 5) is 0. The van der Waals surface area contributed by atoms with Gasteiger partial charge in [0.2, 0.25) is 0 Å². The van der Waals surface area contributed by atoms with Crippen molar-refractivity contribution in [2.45, 2.75) is 39.5 Å². The van der Waals surface area contributed by atoms with Crippen LogP contribution in [0, 0.1) is 0 Å². The highest BCUT2D eigenvalue weighted by Gasteiger charge is 2.22. The van der Waals surface area contributed by atoms with E-state index in [4.69, 9.17) is 0 Å². The Morgan fingerprint density at radius 2 is 0.960 bits per heavy atom. The van der Waals surface area contributed by atoms with Crippen molar-refractivity contribution >= 4 is 44.5 Å². The van der Waals surface area contributed by atoms with Crippen molar-refractivity contribution in [2.24, 2.45) is 0 Å². The minimum atomic E-state index is 0.0631. The van der Waals surface area contributed by atoms with Crippen LogP contribution in [0.5, 0.6) is 0 Å². The van der Waals surface area contributed by atoms with Crippen molar-refractivity contribution < 1.29 is 0 Å². The van der Waals surface area contributed by atoms with E-state index in [2.05, 4.69) is 198 Å². The highest BCUT2D eigenvalue weighted by atomic mass is 14.3. The summed E-state index contributed by atoms with van der Waals surface area (Å²) < 4.78 is 0. The lowest BCUT2D eigenvalue weighted by Crippen LogP contribution is -2.14. The van der Waals surface area contributed by atoms with Gasteiger partial charge in [0.15, 0.2) is 0 Å². The maximum absolute atomic E-state index is 2.46. The Morgan fingerprint density at radius 3 is 1.56 bits per heavy atom. The fourth-order valence-corrected chi connectivity index (χ4v) is 7.76. The summed E-state index contributed by atoms with van der Waals surface area (Å²) in [6, 6.07) is 58.0. The molecule has 0 saturated carbocycles. The molecule has 0 amide bonds. The van der Waals surface area contributed by atoms with E-state index in [1.54, 1.807) is 0 Å². The normalized spacial score (nSPS) is 12.0. The Labute approximate surface area is 296 Å². The summed E-state index contributed by atoms with van der Waals surface area (Å²) in [7, 11) is 0. The minimum Gasteiger partial charge on any atom is -0.0622 e. The third-order valence-corrected chi connectivity index (χ3v) is 10.2. The predicted molar refractivity (Wildman–Crippen MR) is 219 cm³/mol. The van der Waals surface area contributed by atoms with Gasteiger partial charge < -0.3 is 0 Å². The third-order valence-electron chi connectivity index (χ3n) is 10.2. The number of hydrogen-bond acceptors (Lipinski definition) is 0. The van der Waals surface area contributed by atoms with Gasteiger partial charge in [-0.3, -0.25) is 0 Å². The van der Waals surface area contributed by atoms with Crippen molar-refractivity contribution in [2.75, 3.05) is 0 Å². The summed E-state index contributed by atoms with van der Waals surface area (Å²) >= 11 is 0. The Hall–Kier alpha value is -5.72. The first-order chi connectivity index (χ1) is 24.4. The van der Waals surface area contributed by atoms with Gasteiger partial charge in [0.25, 0.3) is 0 Å². The standard InChI is InChI=1S/C50H42/c1-5-35-29-30-39(33-47(35)50(2,3)4)48-42-19-11-13-21-44(42)49(45-22-14-12-20-43(45)48)46-32-31-38(40-17-9-10-18-41(40)46)28-25-34-23-26-37(27-24-34)36-15-7-6-8-16-36/h6-33H,5H2,1-4H3. The van der Waals surface area contributed by atoms with Gasteiger partial charge in [0.05, 0.1) is 0 Å². The molecule has 8 rings (SSSR count). The second kappa shape index (κ2) is 13.0. The summed E-state index contributed by atoms with van der Waals surface area (Å²) in [6.07, 6.45) is 5.52. The van der Waals surface area contributed by atoms with Gasteiger partial charge in [-0.05, 0) is 99.8 Å². The Morgan fingerprint density at radius 1 is 0.440 bits per heavy atom. The summed E-state index contributed by atoms with van der Waals surface area (Å²) in [6.45, 7) is 9.25. The average Bonchev–Trinajstić information content (AvgIpc) is 3.16. The van der Waals surface area contributed by atoms with E-state index in [1.807, 2.05) is 0 Å². The zero-order valence-electron chi connectivity index (χ0n) is 29.4. The third kappa shape index (κ3) is 5.71. The van der Waals surface area contributed by atoms with E-state index in [9.17, 15) is 0 Å². The van der Waals surface area contributed by atoms with E-state index in [0.717, 1.165) is 6.42 Å². The van der Waals surface area contributed by atoms with Gasteiger partial charge in [-0.15, -0.1) is 0 Å². The van der Waals surface area contributed by atoms with Crippen LogP contribution < -0.4 is 0 Å². The van der Waals surface area contributed by atoms with Crippen LogP contribution in [0.3, 0.4) is 0 Å². The van der Waals surface area contributed by atoms with Crippen molar-refractivity contribution in [1.82, 2.24) is 0 Å². The summed E-state index contributed by atoms with van der Waals surface area (Å²) in [5, 5.41) is 7.66. The molecule has 0 spiro atoms.